The second kappa shape index (κ2) is 8.73. The predicted octanol–water partition coefficient (Wildman–Crippen LogP) is 2.13. The Morgan fingerprint density at radius 2 is 2.17 bits per heavy atom. The summed E-state index contributed by atoms with van der Waals surface area (Å²) in [4.78, 5) is 29.1. The highest BCUT2D eigenvalue weighted by atomic mass is 32.2. The van der Waals surface area contributed by atoms with Crippen LogP contribution in [0.5, 0.6) is 0 Å². The number of rotatable bonds is 6. The van der Waals surface area contributed by atoms with Gasteiger partial charge in [-0.2, -0.15) is 0 Å². The van der Waals surface area contributed by atoms with E-state index in [-0.39, 0.29) is 17.9 Å². The first kappa shape index (κ1) is 18.3. The number of hydrogen-bond acceptors (Lipinski definition) is 4. The van der Waals surface area contributed by atoms with Crippen molar-refractivity contribution in [3.05, 3.63) is 11.6 Å². The highest BCUT2D eigenvalue weighted by molar-refractivity contribution is 7.99. The molecule has 2 saturated heterocycles. The average molecular weight is 340 g/mol. The highest BCUT2D eigenvalue weighted by Gasteiger charge is 2.37. The van der Waals surface area contributed by atoms with Crippen molar-refractivity contribution in [3.63, 3.8) is 0 Å². The molecule has 2 amide bonds. The van der Waals surface area contributed by atoms with Crippen LogP contribution in [0.25, 0.3) is 0 Å². The highest BCUT2D eigenvalue weighted by Crippen LogP contribution is 2.25. The van der Waals surface area contributed by atoms with E-state index in [0.29, 0.717) is 24.1 Å². The van der Waals surface area contributed by atoms with Crippen molar-refractivity contribution in [2.45, 2.75) is 39.7 Å². The van der Waals surface area contributed by atoms with Gasteiger partial charge in [-0.1, -0.05) is 13.0 Å². The van der Waals surface area contributed by atoms with Crippen LogP contribution in [0.3, 0.4) is 0 Å². The molecule has 0 bridgehead atoms. The fourth-order valence-corrected chi connectivity index (χ4v) is 4.24. The Morgan fingerprint density at radius 1 is 1.39 bits per heavy atom. The standard InChI is InChI=1S/C17H28N2O3S/c1-4-6-13(3)16(20)19-12-23-11-15(19)17(21)18(5-2)9-14-7-8-22-10-14/h6,14-15H,4-5,7-12H2,1-3H3/b13-6-/t14-,15+/m0/s1. The maximum atomic E-state index is 12.9. The van der Waals surface area contributed by atoms with Crippen LogP contribution in [0.1, 0.15) is 33.6 Å². The van der Waals surface area contributed by atoms with Gasteiger partial charge in [0.1, 0.15) is 6.04 Å². The Labute approximate surface area is 143 Å². The van der Waals surface area contributed by atoms with Gasteiger partial charge in [0, 0.05) is 36.9 Å². The predicted molar refractivity (Wildman–Crippen MR) is 93.2 cm³/mol. The SMILES string of the molecule is CC/C=C(/C)C(=O)N1CSC[C@@H]1C(=O)N(CC)C[C@@H]1CCOC1. The molecule has 23 heavy (non-hydrogen) atoms. The van der Waals surface area contributed by atoms with Gasteiger partial charge in [0.15, 0.2) is 0 Å². The molecule has 0 aromatic carbocycles. The second-order valence-corrected chi connectivity index (χ2v) is 7.19. The van der Waals surface area contributed by atoms with E-state index < -0.39 is 0 Å². The summed E-state index contributed by atoms with van der Waals surface area (Å²) in [5.74, 6) is 1.81. The first-order valence-corrected chi connectivity index (χ1v) is 9.65. The van der Waals surface area contributed by atoms with Crippen LogP contribution in [0.4, 0.5) is 0 Å². The number of carbonyl (C=O) groups excluding carboxylic acids is 2. The lowest BCUT2D eigenvalue weighted by Gasteiger charge is -2.30. The zero-order valence-electron chi connectivity index (χ0n) is 14.4. The van der Waals surface area contributed by atoms with Crippen LogP contribution in [0.15, 0.2) is 11.6 Å². The van der Waals surface area contributed by atoms with E-state index in [1.807, 2.05) is 31.7 Å². The van der Waals surface area contributed by atoms with Gasteiger partial charge in [-0.15, -0.1) is 11.8 Å². The number of allylic oxidation sites excluding steroid dienone is 1. The van der Waals surface area contributed by atoms with Crippen LogP contribution >= 0.6 is 11.8 Å². The van der Waals surface area contributed by atoms with Crippen LogP contribution in [-0.2, 0) is 14.3 Å². The van der Waals surface area contributed by atoms with Crippen molar-refractivity contribution in [2.75, 3.05) is 37.9 Å². The number of carbonyl (C=O) groups is 2. The van der Waals surface area contributed by atoms with Crippen molar-refractivity contribution in [2.24, 2.45) is 5.92 Å². The molecule has 0 aromatic heterocycles. The third kappa shape index (κ3) is 4.51. The monoisotopic (exact) mass is 340 g/mol. The van der Waals surface area contributed by atoms with Crippen LogP contribution in [0.2, 0.25) is 0 Å². The minimum absolute atomic E-state index is 0.00421. The number of nitrogens with zero attached hydrogens (tertiary/aromatic N) is 2. The number of ether oxygens (including phenoxy) is 1. The second-order valence-electron chi connectivity index (χ2n) is 6.19. The molecule has 0 unspecified atom stereocenters. The van der Waals surface area contributed by atoms with Crippen molar-refractivity contribution in [3.8, 4) is 0 Å². The maximum absolute atomic E-state index is 12.9. The minimum Gasteiger partial charge on any atom is -0.381 e. The molecule has 2 aliphatic heterocycles. The Balaban J connectivity index is 2.03. The van der Waals surface area contributed by atoms with E-state index in [9.17, 15) is 9.59 Å². The summed E-state index contributed by atoms with van der Waals surface area (Å²) in [6.45, 7) is 8.81. The molecule has 0 spiro atoms. The van der Waals surface area contributed by atoms with Crippen molar-refractivity contribution < 1.29 is 14.3 Å². The maximum Gasteiger partial charge on any atom is 0.250 e. The molecule has 130 valence electrons. The summed E-state index contributed by atoms with van der Waals surface area (Å²) < 4.78 is 5.41. The molecule has 2 fully saturated rings. The number of amides is 2. The van der Waals surface area contributed by atoms with Gasteiger partial charge < -0.3 is 14.5 Å². The molecule has 5 nitrogen and oxygen atoms in total. The molecular weight excluding hydrogens is 312 g/mol. The van der Waals surface area contributed by atoms with E-state index in [2.05, 4.69) is 0 Å². The van der Waals surface area contributed by atoms with Crippen molar-refractivity contribution in [1.82, 2.24) is 9.80 Å². The number of hydrogen-bond donors (Lipinski definition) is 0. The van der Waals surface area contributed by atoms with E-state index in [4.69, 9.17) is 4.74 Å². The molecule has 2 rings (SSSR count). The van der Waals surface area contributed by atoms with E-state index in [1.165, 1.54) is 0 Å². The molecular formula is C17H28N2O3S. The van der Waals surface area contributed by atoms with Gasteiger partial charge >= 0.3 is 0 Å². The normalized spacial score (nSPS) is 25.0. The Morgan fingerprint density at radius 3 is 2.78 bits per heavy atom. The van der Waals surface area contributed by atoms with Gasteiger partial charge in [-0.25, -0.2) is 0 Å². The lowest BCUT2D eigenvalue weighted by molar-refractivity contribution is -0.142. The van der Waals surface area contributed by atoms with Crippen molar-refractivity contribution in [1.29, 1.82) is 0 Å². The molecule has 0 saturated carbocycles. The molecule has 2 atom stereocenters. The van der Waals surface area contributed by atoms with E-state index in [1.54, 1.807) is 16.7 Å². The Kier molecular flexibility index (Phi) is 6.96. The zero-order valence-corrected chi connectivity index (χ0v) is 15.2. The summed E-state index contributed by atoms with van der Waals surface area (Å²) in [6.07, 6.45) is 3.78. The van der Waals surface area contributed by atoms with Gasteiger partial charge in [0.05, 0.1) is 12.5 Å². The Bertz CT molecular complexity index is 461. The smallest absolute Gasteiger partial charge is 0.250 e. The van der Waals surface area contributed by atoms with Gasteiger partial charge in [0.25, 0.3) is 5.91 Å². The third-order valence-electron chi connectivity index (χ3n) is 4.47. The van der Waals surface area contributed by atoms with Gasteiger partial charge in [-0.3, -0.25) is 9.59 Å². The molecule has 0 aliphatic carbocycles. The van der Waals surface area contributed by atoms with Gasteiger partial charge in [0.2, 0.25) is 5.91 Å². The summed E-state index contributed by atoms with van der Waals surface area (Å²) in [5.41, 5.74) is 0.736. The van der Waals surface area contributed by atoms with E-state index >= 15 is 0 Å². The lowest BCUT2D eigenvalue weighted by atomic mass is 10.1. The lowest BCUT2D eigenvalue weighted by Crippen LogP contribution is -2.50. The average Bonchev–Trinajstić information content (AvgIpc) is 3.22. The minimum atomic E-state index is -0.324. The molecule has 2 aliphatic rings. The van der Waals surface area contributed by atoms with Crippen molar-refractivity contribution >= 4 is 23.6 Å². The van der Waals surface area contributed by atoms with Crippen LogP contribution < -0.4 is 0 Å². The number of thioether (sulfide) groups is 1. The van der Waals surface area contributed by atoms with E-state index in [0.717, 1.165) is 38.2 Å². The molecule has 6 heteroatoms. The summed E-state index contributed by atoms with van der Waals surface area (Å²) in [7, 11) is 0. The van der Waals surface area contributed by atoms with Gasteiger partial charge in [-0.05, 0) is 26.7 Å². The third-order valence-corrected chi connectivity index (χ3v) is 5.48. The zero-order chi connectivity index (χ0) is 16.8. The fraction of sp³-hybridized carbons (Fsp3) is 0.765. The quantitative estimate of drug-likeness (QED) is 0.695. The Hall–Kier alpha value is -1.01. The summed E-state index contributed by atoms with van der Waals surface area (Å²) >= 11 is 1.66. The topological polar surface area (TPSA) is 49.9 Å². The molecule has 2 heterocycles. The largest absolute Gasteiger partial charge is 0.381 e. The van der Waals surface area contributed by atoms with Crippen LogP contribution in [-0.4, -0.2) is 65.6 Å². The fourth-order valence-electron chi connectivity index (χ4n) is 3.09. The molecule has 0 N–H and O–H groups in total. The van der Waals surface area contributed by atoms with Crippen LogP contribution in [0, 0.1) is 5.92 Å². The first-order chi connectivity index (χ1) is 11.1. The summed E-state index contributed by atoms with van der Waals surface area (Å²) in [5, 5.41) is 0. The molecule has 0 aromatic rings. The molecule has 0 radical (unpaired) electrons. The first-order valence-electron chi connectivity index (χ1n) is 8.50. The number of likely N-dealkylation sites (N-methyl/N-ethyl adjacent to an activating group) is 1. The summed E-state index contributed by atoms with van der Waals surface area (Å²) in [6, 6.07) is -0.324.